The Labute approximate surface area is 146 Å². The molecule has 4 heterocycles. The van der Waals surface area contributed by atoms with Gasteiger partial charge in [-0.25, -0.2) is 0 Å². The van der Waals surface area contributed by atoms with Crippen LogP contribution in [0.4, 0.5) is 0 Å². The molecule has 25 heavy (non-hydrogen) atoms. The van der Waals surface area contributed by atoms with E-state index in [2.05, 4.69) is 15.2 Å². The molecule has 2 aliphatic rings. The maximum atomic E-state index is 13.1. The summed E-state index contributed by atoms with van der Waals surface area (Å²) in [7, 11) is 0. The van der Waals surface area contributed by atoms with E-state index in [1.54, 1.807) is 12.4 Å². The van der Waals surface area contributed by atoms with Gasteiger partial charge in [0.1, 0.15) is 6.10 Å². The summed E-state index contributed by atoms with van der Waals surface area (Å²) in [6, 6.07) is 3.86. The smallest absolute Gasteiger partial charge is 0.274 e. The van der Waals surface area contributed by atoms with Crippen LogP contribution in [0.2, 0.25) is 0 Å². The first kappa shape index (κ1) is 16.2. The van der Waals surface area contributed by atoms with Gasteiger partial charge >= 0.3 is 0 Å². The number of hydrogen-bond donors (Lipinski definition) is 1. The third-order valence-electron chi connectivity index (χ3n) is 4.85. The molecule has 1 unspecified atom stereocenters. The lowest BCUT2D eigenvalue weighted by Gasteiger charge is -2.33. The molecule has 2 aromatic heterocycles. The number of ether oxygens (including phenoxy) is 2. The minimum absolute atomic E-state index is 0.0454. The van der Waals surface area contributed by atoms with Gasteiger partial charge in [0.25, 0.3) is 5.91 Å². The maximum Gasteiger partial charge on any atom is 0.274 e. The van der Waals surface area contributed by atoms with E-state index in [4.69, 9.17) is 9.47 Å². The molecule has 2 aromatic rings. The molecule has 0 bridgehead atoms. The van der Waals surface area contributed by atoms with Crippen LogP contribution >= 0.6 is 0 Å². The molecule has 4 rings (SSSR count). The van der Waals surface area contributed by atoms with E-state index in [0.717, 1.165) is 16.8 Å². The van der Waals surface area contributed by atoms with Crippen molar-refractivity contribution in [3.8, 4) is 0 Å². The molecular formula is C18H22N4O3. The van der Waals surface area contributed by atoms with Crippen molar-refractivity contribution in [2.24, 2.45) is 0 Å². The zero-order valence-corrected chi connectivity index (χ0v) is 14.4. The molecule has 0 spiro atoms. The van der Waals surface area contributed by atoms with Gasteiger partial charge in [-0.15, -0.1) is 0 Å². The molecular weight excluding hydrogens is 320 g/mol. The molecule has 7 heteroatoms. The van der Waals surface area contributed by atoms with Crippen molar-refractivity contribution in [1.82, 2.24) is 20.1 Å². The zero-order valence-electron chi connectivity index (χ0n) is 14.4. The van der Waals surface area contributed by atoms with Gasteiger partial charge < -0.3 is 14.4 Å². The van der Waals surface area contributed by atoms with Crippen LogP contribution < -0.4 is 0 Å². The van der Waals surface area contributed by atoms with Gasteiger partial charge in [-0.1, -0.05) is 6.07 Å². The van der Waals surface area contributed by atoms with Crippen molar-refractivity contribution in [2.45, 2.75) is 38.6 Å². The lowest BCUT2D eigenvalue weighted by atomic mass is 9.99. The van der Waals surface area contributed by atoms with Crippen molar-refractivity contribution in [2.75, 3.05) is 19.7 Å². The van der Waals surface area contributed by atoms with Crippen LogP contribution in [-0.4, -0.2) is 51.8 Å². The highest BCUT2D eigenvalue weighted by molar-refractivity contribution is 5.94. The Hall–Kier alpha value is -2.25. The number of fused-ring (bicyclic) bond motifs is 1. The van der Waals surface area contributed by atoms with E-state index >= 15 is 0 Å². The fourth-order valence-electron chi connectivity index (χ4n) is 3.60. The van der Waals surface area contributed by atoms with Crippen LogP contribution in [0.3, 0.4) is 0 Å². The lowest BCUT2D eigenvalue weighted by Crippen LogP contribution is -2.43. The first-order valence-electron chi connectivity index (χ1n) is 8.67. The standard InChI is InChI=1S/C18H22N4O3/c1-11-8-14-16(12(2)25-11)20-21-17(14)18(23)22-6-7-24-15(10-22)13-4-3-5-19-9-13/h3-5,9,11-12,15H,6-8,10H2,1-2H3,(H,20,21)/t11-,12+,15?/m1/s1. The lowest BCUT2D eigenvalue weighted by molar-refractivity contribution is -0.0234. The van der Waals surface area contributed by atoms with Crippen LogP contribution in [0.5, 0.6) is 0 Å². The van der Waals surface area contributed by atoms with E-state index in [0.29, 0.717) is 31.8 Å². The van der Waals surface area contributed by atoms with E-state index in [1.165, 1.54) is 0 Å². The monoisotopic (exact) mass is 342 g/mol. The molecule has 0 aliphatic carbocycles. The molecule has 1 amide bonds. The van der Waals surface area contributed by atoms with Gasteiger partial charge in [-0.2, -0.15) is 5.10 Å². The SMILES string of the molecule is C[C@@H]1Cc2c(C(=O)N3CCOC(c4cccnc4)C3)n[nH]c2[C@H](C)O1. The summed E-state index contributed by atoms with van der Waals surface area (Å²) in [6.07, 6.45) is 4.08. The van der Waals surface area contributed by atoms with Gasteiger partial charge in [0.05, 0.1) is 31.1 Å². The van der Waals surface area contributed by atoms with Crippen molar-refractivity contribution in [3.63, 3.8) is 0 Å². The molecule has 0 saturated carbocycles. The second kappa shape index (κ2) is 6.57. The fraction of sp³-hybridized carbons (Fsp3) is 0.500. The number of rotatable bonds is 2. The van der Waals surface area contributed by atoms with Crippen LogP contribution in [0, 0.1) is 0 Å². The molecule has 3 atom stereocenters. The first-order chi connectivity index (χ1) is 12.1. The summed E-state index contributed by atoms with van der Waals surface area (Å²) in [5, 5.41) is 7.30. The minimum atomic E-state index is -0.151. The van der Waals surface area contributed by atoms with E-state index < -0.39 is 0 Å². The van der Waals surface area contributed by atoms with Gasteiger partial charge in [-0.3, -0.25) is 14.9 Å². The first-order valence-corrected chi connectivity index (χ1v) is 8.67. The molecule has 1 saturated heterocycles. The summed E-state index contributed by atoms with van der Waals surface area (Å²) in [4.78, 5) is 19.0. The second-order valence-corrected chi connectivity index (χ2v) is 6.65. The van der Waals surface area contributed by atoms with Gasteiger partial charge in [0, 0.05) is 36.5 Å². The zero-order chi connectivity index (χ0) is 17.4. The summed E-state index contributed by atoms with van der Waals surface area (Å²) in [6.45, 7) is 5.59. The van der Waals surface area contributed by atoms with Crippen LogP contribution in [-0.2, 0) is 15.9 Å². The number of carbonyl (C=O) groups excluding carboxylic acids is 1. The number of H-pyrrole nitrogens is 1. The van der Waals surface area contributed by atoms with E-state index in [-0.39, 0.29) is 24.2 Å². The maximum absolute atomic E-state index is 13.1. The predicted octanol–water partition coefficient (Wildman–Crippen LogP) is 2.04. The van der Waals surface area contributed by atoms with Gasteiger partial charge in [0.2, 0.25) is 0 Å². The molecule has 2 aliphatic heterocycles. The van der Waals surface area contributed by atoms with E-state index in [1.807, 2.05) is 30.9 Å². The van der Waals surface area contributed by atoms with Crippen LogP contribution in [0.1, 0.15) is 53.4 Å². The number of morpholine rings is 1. The number of amides is 1. The summed E-state index contributed by atoms with van der Waals surface area (Å²) in [5.74, 6) is -0.0454. The Morgan fingerprint density at radius 1 is 1.40 bits per heavy atom. The summed E-state index contributed by atoms with van der Waals surface area (Å²) in [5.41, 5.74) is 3.41. The van der Waals surface area contributed by atoms with Gasteiger partial charge in [0.15, 0.2) is 5.69 Å². The Bertz CT molecular complexity index is 761. The average molecular weight is 342 g/mol. The van der Waals surface area contributed by atoms with Crippen molar-refractivity contribution in [1.29, 1.82) is 0 Å². The molecule has 132 valence electrons. The Kier molecular flexibility index (Phi) is 4.27. The Balaban J connectivity index is 1.55. The number of pyridine rings is 1. The largest absolute Gasteiger partial charge is 0.370 e. The Morgan fingerprint density at radius 2 is 2.28 bits per heavy atom. The molecule has 1 N–H and O–H groups in total. The predicted molar refractivity (Wildman–Crippen MR) is 90.1 cm³/mol. The Morgan fingerprint density at radius 3 is 3.08 bits per heavy atom. The van der Waals surface area contributed by atoms with Crippen LogP contribution in [0.25, 0.3) is 0 Å². The molecule has 0 radical (unpaired) electrons. The quantitative estimate of drug-likeness (QED) is 0.903. The number of carbonyl (C=O) groups is 1. The van der Waals surface area contributed by atoms with Crippen molar-refractivity contribution < 1.29 is 14.3 Å². The summed E-state index contributed by atoms with van der Waals surface area (Å²) >= 11 is 0. The number of nitrogens with one attached hydrogen (secondary N) is 1. The number of hydrogen-bond acceptors (Lipinski definition) is 5. The van der Waals surface area contributed by atoms with Crippen molar-refractivity contribution in [3.05, 3.63) is 47.0 Å². The van der Waals surface area contributed by atoms with Gasteiger partial charge in [-0.05, 0) is 19.9 Å². The molecule has 0 aromatic carbocycles. The average Bonchev–Trinajstić information content (AvgIpc) is 3.06. The summed E-state index contributed by atoms with van der Waals surface area (Å²) < 4.78 is 11.6. The highest BCUT2D eigenvalue weighted by Gasteiger charge is 2.33. The fourth-order valence-corrected chi connectivity index (χ4v) is 3.60. The van der Waals surface area contributed by atoms with Crippen LogP contribution in [0.15, 0.2) is 24.5 Å². The number of aromatic nitrogens is 3. The molecule has 7 nitrogen and oxygen atoms in total. The highest BCUT2D eigenvalue weighted by atomic mass is 16.5. The third kappa shape index (κ3) is 3.05. The van der Waals surface area contributed by atoms with Crippen molar-refractivity contribution >= 4 is 5.91 Å². The third-order valence-corrected chi connectivity index (χ3v) is 4.85. The van der Waals surface area contributed by atoms with E-state index in [9.17, 15) is 4.79 Å². The minimum Gasteiger partial charge on any atom is -0.370 e. The normalized spacial score (nSPS) is 26.3. The topological polar surface area (TPSA) is 80.3 Å². The second-order valence-electron chi connectivity index (χ2n) is 6.65. The number of nitrogens with zero attached hydrogens (tertiary/aromatic N) is 3. The highest BCUT2D eigenvalue weighted by Crippen LogP contribution is 2.31. The molecule has 1 fully saturated rings. The number of aromatic amines is 1.